The Balaban J connectivity index is 0.745. The molecule has 3 unspecified atom stereocenters. The van der Waals surface area contributed by atoms with Gasteiger partial charge in [0.05, 0.1) is 22.6 Å². The second-order valence-electron chi connectivity index (χ2n) is 16.1. The lowest BCUT2D eigenvalue weighted by molar-refractivity contribution is -0.136. The SMILES string of the molecule is Nc1ncnc2c1c(-c1ccc(Oc3ccccc3)cc1)nn2C1CCN(C2CCN(C3CN(c4ccc5c(c4)C(=O)N(C4CCC(=O)NC4=O)C5=O)C3)CC2)CC1F. The molecule has 3 atom stereocenters. The summed E-state index contributed by atoms with van der Waals surface area (Å²) in [5, 5.41) is 7.78. The van der Waals surface area contributed by atoms with E-state index in [4.69, 9.17) is 15.6 Å². The number of carbonyl (C=O) groups is 4. The van der Waals surface area contributed by atoms with Gasteiger partial charge >= 0.3 is 0 Å². The van der Waals surface area contributed by atoms with E-state index in [-0.39, 0.29) is 30.0 Å². The molecule has 7 heterocycles. The zero-order valence-corrected chi connectivity index (χ0v) is 32.2. The van der Waals surface area contributed by atoms with Crippen molar-refractivity contribution in [2.75, 3.05) is 49.9 Å². The number of piperidine rings is 3. The summed E-state index contributed by atoms with van der Waals surface area (Å²) in [4.78, 5) is 67.3. The average molecular weight is 799 g/mol. The van der Waals surface area contributed by atoms with Crippen LogP contribution in [0.2, 0.25) is 0 Å². The van der Waals surface area contributed by atoms with Gasteiger partial charge in [0.2, 0.25) is 11.8 Å². The van der Waals surface area contributed by atoms with Crippen LogP contribution in [-0.2, 0) is 9.59 Å². The highest BCUT2D eigenvalue weighted by atomic mass is 19.1. The summed E-state index contributed by atoms with van der Waals surface area (Å²) in [6, 6.07) is 21.6. The summed E-state index contributed by atoms with van der Waals surface area (Å²) in [5.41, 5.74) is 9.75. The number of para-hydroxylation sites is 1. The number of benzene rings is 3. The van der Waals surface area contributed by atoms with Gasteiger partial charge in [0.25, 0.3) is 11.8 Å². The largest absolute Gasteiger partial charge is 0.457 e. The first-order valence-electron chi connectivity index (χ1n) is 20.2. The van der Waals surface area contributed by atoms with Crippen molar-refractivity contribution < 1.29 is 28.3 Å². The number of alkyl halides is 1. The highest BCUT2D eigenvalue weighted by Gasteiger charge is 2.45. The number of ether oxygens (including phenoxy) is 1. The van der Waals surface area contributed by atoms with E-state index in [0.29, 0.717) is 47.3 Å². The van der Waals surface area contributed by atoms with E-state index in [0.717, 1.165) is 67.5 Å². The smallest absolute Gasteiger partial charge is 0.262 e. The van der Waals surface area contributed by atoms with Crippen LogP contribution in [0.4, 0.5) is 15.9 Å². The van der Waals surface area contributed by atoms with Gasteiger partial charge in [0.15, 0.2) is 5.65 Å². The van der Waals surface area contributed by atoms with Gasteiger partial charge in [-0.25, -0.2) is 19.0 Å². The fourth-order valence-corrected chi connectivity index (χ4v) is 9.43. The Bertz CT molecular complexity index is 2470. The van der Waals surface area contributed by atoms with Crippen molar-refractivity contribution >= 4 is 46.2 Å². The number of halogens is 1. The molecule has 5 aliphatic heterocycles. The Morgan fingerprint density at radius 1 is 0.763 bits per heavy atom. The second kappa shape index (κ2) is 14.8. The van der Waals surface area contributed by atoms with Crippen LogP contribution >= 0.6 is 0 Å². The fourth-order valence-electron chi connectivity index (χ4n) is 9.43. The minimum absolute atomic E-state index is 0.0808. The first-order chi connectivity index (χ1) is 28.7. The Labute approximate surface area is 338 Å². The van der Waals surface area contributed by atoms with E-state index in [9.17, 15) is 19.2 Å². The number of fused-ring (bicyclic) bond motifs is 2. The third-order valence-electron chi connectivity index (χ3n) is 12.7. The zero-order valence-electron chi connectivity index (χ0n) is 32.2. The number of rotatable bonds is 8. The minimum Gasteiger partial charge on any atom is -0.457 e. The predicted octanol–water partition coefficient (Wildman–Crippen LogP) is 4.21. The van der Waals surface area contributed by atoms with Crippen LogP contribution < -0.4 is 20.7 Å². The summed E-state index contributed by atoms with van der Waals surface area (Å²) < 4.78 is 24.0. The third kappa shape index (κ3) is 6.65. The number of hydrogen-bond donors (Lipinski definition) is 2. The predicted molar refractivity (Wildman–Crippen MR) is 216 cm³/mol. The molecular formula is C43H43FN10O5. The number of imide groups is 2. The van der Waals surface area contributed by atoms with E-state index >= 15 is 4.39 Å². The van der Waals surface area contributed by atoms with E-state index < -0.39 is 41.9 Å². The number of nitrogens with two attached hydrogens (primary N) is 1. The summed E-state index contributed by atoms with van der Waals surface area (Å²) in [5.74, 6) is -0.309. The number of likely N-dealkylation sites (tertiary alicyclic amines) is 2. The van der Waals surface area contributed by atoms with Crippen LogP contribution in [0.15, 0.2) is 79.1 Å². The Morgan fingerprint density at radius 2 is 1.49 bits per heavy atom. The van der Waals surface area contributed by atoms with Gasteiger partial charge in [-0.05, 0) is 80.3 Å². The molecule has 4 fully saturated rings. The van der Waals surface area contributed by atoms with Crippen molar-refractivity contribution in [1.82, 2.24) is 39.8 Å². The van der Waals surface area contributed by atoms with Gasteiger partial charge < -0.3 is 15.4 Å². The molecule has 0 aliphatic carbocycles. The summed E-state index contributed by atoms with van der Waals surface area (Å²) in [6.45, 7) is 4.47. The summed E-state index contributed by atoms with van der Waals surface area (Å²) >= 11 is 0. The first kappa shape index (κ1) is 37.0. The highest BCUT2D eigenvalue weighted by molar-refractivity contribution is 6.23. The van der Waals surface area contributed by atoms with Crippen LogP contribution in [0.5, 0.6) is 11.5 Å². The van der Waals surface area contributed by atoms with Gasteiger partial charge in [0.1, 0.15) is 41.6 Å². The van der Waals surface area contributed by atoms with E-state index in [1.54, 1.807) is 16.8 Å². The number of carbonyl (C=O) groups excluding carboxylic acids is 4. The average Bonchev–Trinajstić information content (AvgIpc) is 3.73. The monoisotopic (exact) mass is 798 g/mol. The number of nitrogen functional groups attached to an aromatic ring is 1. The van der Waals surface area contributed by atoms with Gasteiger partial charge in [-0.1, -0.05) is 18.2 Å². The maximum absolute atomic E-state index is 16.3. The van der Waals surface area contributed by atoms with Gasteiger partial charge in [0, 0.05) is 69.0 Å². The molecule has 10 rings (SSSR count). The lowest BCUT2D eigenvalue weighted by Gasteiger charge is -2.50. The molecule has 59 heavy (non-hydrogen) atoms. The molecule has 3 N–H and O–H groups in total. The van der Waals surface area contributed by atoms with Crippen LogP contribution in [0.25, 0.3) is 22.3 Å². The molecule has 302 valence electrons. The van der Waals surface area contributed by atoms with Crippen LogP contribution in [0.3, 0.4) is 0 Å². The van der Waals surface area contributed by atoms with Crippen LogP contribution in [0.1, 0.15) is 58.9 Å². The van der Waals surface area contributed by atoms with Gasteiger partial charge in [-0.3, -0.25) is 39.2 Å². The van der Waals surface area contributed by atoms with Gasteiger partial charge in [-0.2, -0.15) is 5.10 Å². The first-order valence-corrected chi connectivity index (χ1v) is 20.2. The number of anilines is 2. The number of amides is 4. The standard InChI is InChI=1S/C43H43FN10O5/c44-33-23-51(19-16-34(33)54-40-37(39(45)46-24-47-40)38(49-54)25-6-9-30(10-7-25)59-29-4-2-1-3-5-29)26-14-17-50(18-15-26)28-21-52(22-28)27-8-11-31-32(20-27)43(58)53(42(31)57)35-12-13-36(55)48-41(35)56/h1-11,20,24,26,28,33-35H,12-19,21-23H2,(H2,45,46,47)(H,48,55,56). The highest BCUT2D eigenvalue weighted by Crippen LogP contribution is 2.38. The van der Waals surface area contributed by atoms with Crippen molar-refractivity contribution in [3.8, 4) is 22.8 Å². The zero-order chi connectivity index (χ0) is 40.4. The molecule has 2 aromatic heterocycles. The molecule has 0 saturated carbocycles. The lowest BCUT2D eigenvalue weighted by atomic mass is 9.94. The Morgan fingerprint density at radius 3 is 2.24 bits per heavy atom. The molecule has 0 spiro atoms. The van der Waals surface area contributed by atoms with Gasteiger partial charge in [-0.15, -0.1) is 0 Å². The minimum atomic E-state index is -1.15. The van der Waals surface area contributed by atoms with Crippen LogP contribution in [-0.4, -0.2) is 122 Å². The lowest BCUT2D eigenvalue weighted by Crippen LogP contribution is -2.62. The molecule has 15 nitrogen and oxygen atoms in total. The number of aromatic nitrogens is 4. The molecule has 0 bridgehead atoms. The van der Waals surface area contributed by atoms with E-state index in [2.05, 4.69) is 30.0 Å². The van der Waals surface area contributed by atoms with E-state index in [1.807, 2.05) is 60.7 Å². The summed E-state index contributed by atoms with van der Waals surface area (Å²) in [7, 11) is 0. The molecule has 4 amide bonds. The fraction of sp³-hybridized carbons (Fsp3) is 0.372. The molecule has 4 saturated heterocycles. The molecule has 5 aliphatic rings. The Hall–Kier alpha value is -6.26. The molecule has 16 heteroatoms. The van der Waals surface area contributed by atoms with Crippen molar-refractivity contribution in [2.45, 2.75) is 62.4 Å². The number of hydrogen-bond acceptors (Lipinski definition) is 12. The molecule has 0 radical (unpaired) electrons. The molecule has 5 aromatic rings. The van der Waals surface area contributed by atoms with Crippen molar-refractivity contribution in [2.24, 2.45) is 0 Å². The number of nitrogens with zero attached hydrogens (tertiary/aromatic N) is 8. The number of nitrogens with one attached hydrogen (secondary N) is 1. The second-order valence-corrected chi connectivity index (χ2v) is 16.1. The summed E-state index contributed by atoms with van der Waals surface area (Å²) in [6.07, 6.45) is 2.94. The van der Waals surface area contributed by atoms with Crippen LogP contribution in [0, 0.1) is 0 Å². The normalized spacial score (nSPS) is 23.4. The van der Waals surface area contributed by atoms with Crippen molar-refractivity contribution in [3.05, 3.63) is 90.3 Å². The quantitative estimate of drug-likeness (QED) is 0.215. The van der Waals surface area contributed by atoms with E-state index in [1.165, 1.54) is 6.33 Å². The molecule has 3 aromatic carbocycles. The Kier molecular flexibility index (Phi) is 9.32. The third-order valence-corrected chi connectivity index (χ3v) is 12.7. The maximum Gasteiger partial charge on any atom is 0.262 e. The topological polar surface area (TPSA) is 172 Å². The van der Waals surface area contributed by atoms with Crippen molar-refractivity contribution in [3.63, 3.8) is 0 Å². The van der Waals surface area contributed by atoms with Crippen molar-refractivity contribution in [1.29, 1.82) is 0 Å². The maximum atomic E-state index is 16.3. The molecular weight excluding hydrogens is 756 g/mol.